The standard InChI is InChI=1S/C26H25ClN4OS/c1-16-15-23(17(2)30(16)22-13-11-20(27)12-14-22)24(32)18(3)33-26-29-28-25(19-9-10-19)31(26)21-7-5-4-6-8-21/h4-8,11-15,18-19H,9-10H2,1-3H3/t18-/m1/s1. The van der Waals surface area contributed by atoms with Gasteiger partial charge in [0.2, 0.25) is 0 Å². The minimum absolute atomic E-state index is 0.0869. The van der Waals surface area contributed by atoms with Crippen LogP contribution in [0.3, 0.4) is 0 Å². The first kappa shape index (κ1) is 22.0. The van der Waals surface area contributed by atoms with Crippen LogP contribution in [0, 0.1) is 13.8 Å². The highest BCUT2D eigenvalue weighted by molar-refractivity contribution is 8.00. The number of aryl methyl sites for hydroxylation is 1. The summed E-state index contributed by atoms with van der Waals surface area (Å²) in [6.45, 7) is 5.95. The maximum atomic E-state index is 13.5. The summed E-state index contributed by atoms with van der Waals surface area (Å²) in [5, 5.41) is 10.1. The molecule has 5 nitrogen and oxygen atoms in total. The molecule has 1 saturated carbocycles. The van der Waals surface area contributed by atoms with Crippen LogP contribution in [-0.4, -0.2) is 30.4 Å². The lowest BCUT2D eigenvalue weighted by Gasteiger charge is -2.14. The fourth-order valence-corrected chi connectivity index (χ4v) is 5.28. The Hall–Kier alpha value is -2.83. The van der Waals surface area contributed by atoms with E-state index in [1.165, 1.54) is 11.8 Å². The van der Waals surface area contributed by atoms with Gasteiger partial charge in [-0.3, -0.25) is 9.36 Å². The number of carbonyl (C=O) groups excluding carboxylic acids is 1. The average molecular weight is 477 g/mol. The number of halogens is 1. The van der Waals surface area contributed by atoms with Gasteiger partial charge in [-0.2, -0.15) is 0 Å². The Morgan fingerprint density at radius 1 is 1.00 bits per heavy atom. The second-order valence-corrected chi connectivity index (χ2v) is 10.3. The predicted molar refractivity (Wildman–Crippen MR) is 133 cm³/mol. The molecule has 0 spiro atoms. The summed E-state index contributed by atoms with van der Waals surface area (Å²) in [5.41, 5.74) is 4.70. The SMILES string of the molecule is Cc1cc(C(=O)[C@@H](C)Sc2nnc(C3CC3)n2-c2ccccc2)c(C)n1-c1ccc(Cl)cc1. The maximum absolute atomic E-state index is 13.5. The van der Waals surface area contributed by atoms with Gasteiger partial charge in [-0.25, -0.2) is 0 Å². The summed E-state index contributed by atoms with van der Waals surface area (Å²) >= 11 is 7.52. The molecule has 0 saturated heterocycles. The fourth-order valence-electron chi connectivity index (χ4n) is 4.21. The Morgan fingerprint density at radius 3 is 2.33 bits per heavy atom. The van der Waals surface area contributed by atoms with E-state index in [9.17, 15) is 4.79 Å². The maximum Gasteiger partial charge on any atom is 0.196 e. The molecule has 0 N–H and O–H groups in total. The molecule has 5 rings (SSSR count). The van der Waals surface area contributed by atoms with Crippen LogP contribution in [0.1, 0.15) is 53.3 Å². The molecule has 2 aromatic carbocycles. The van der Waals surface area contributed by atoms with Crippen LogP contribution >= 0.6 is 23.4 Å². The van der Waals surface area contributed by atoms with Gasteiger partial charge in [0.15, 0.2) is 10.9 Å². The van der Waals surface area contributed by atoms with Crippen molar-refractivity contribution in [3.8, 4) is 11.4 Å². The van der Waals surface area contributed by atoms with Gasteiger partial charge >= 0.3 is 0 Å². The van der Waals surface area contributed by atoms with E-state index < -0.39 is 0 Å². The lowest BCUT2D eigenvalue weighted by molar-refractivity contribution is 0.0993. The zero-order valence-electron chi connectivity index (χ0n) is 18.8. The van der Waals surface area contributed by atoms with E-state index in [0.717, 1.165) is 52.1 Å². The third-order valence-corrected chi connectivity index (χ3v) is 7.34. The zero-order valence-corrected chi connectivity index (χ0v) is 20.4. The molecular formula is C26H25ClN4OS. The number of rotatable bonds is 7. The summed E-state index contributed by atoms with van der Waals surface area (Å²) in [6, 6.07) is 19.8. The summed E-state index contributed by atoms with van der Waals surface area (Å²) in [6.07, 6.45) is 2.28. The fraction of sp³-hybridized carbons (Fsp3) is 0.269. The average Bonchev–Trinajstić information content (AvgIpc) is 3.51. The predicted octanol–water partition coefficient (Wildman–Crippen LogP) is 6.57. The van der Waals surface area contributed by atoms with Crippen LogP contribution in [0.15, 0.2) is 65.8 Å². The number of hydrogen-bond acceptors (Lipinski definition) is 4. The Labute approximate surface area is 202 Å². The molecule has 4 aromatic rings. The van der Waals surface area contributed by atoms with Gasteiger partial charge in [-0.05, 0) is 76.1 Å². The van der Waals surface area contributed by atoms with Crippen molar-refractivity contribution >= 4 is 29.1 Å². The van der Waals surface area contributed by atoms with E-state index in [2.05, 4.69) is 31.5 Å². The number of nitrogens with zero attached hydrogens (tertiary/aromatic N) is 4. The molecular weight excluding hydrogens is 452 g/mol. The molecule has 0 amide bonds. The van der Waals surface area contributed by atoms with Gasteiger partial charge in [-0.15, -0.1) is 10.2 Å². The minimum atomic E-state index is -0.303. The molecule has 2 aromatic heterocycles. The van der Waals surface area contributed by atoms with Gasteiger partial charge in [0.1, 0.15) is 5.82 Å². The molecule has 0 radical (unpaired) electrons. The molecule has 0 aliphatic heterocycles. The smallest absolute Gasteiger partial charge is 0.196 e. The number of para-hydroxylation sites is 1. The number of carbonyl (C=O) groups is 1. The summed E-state index contributed by atoms with van der Waals surface area (Å²) < 4.78 is 4.21. The van der Waals surface area contributed by atoms with Gasteiger partial charge in [0.25, 0.3) is 0 Å². The molecule has 168 valence electrons. The monoisotopic (exact) mass is 476 g/mol. The lowest BCUT2D eigenvalue weighted by Crippen LogP contribution is -2.16. The third-order valence-electron chi connectivity index (χ3n) is 6.05. The molecule has 1 aliphatic rings. The van der Waals surface area contributed by atoms with Crippen molar-refractivity contribution in [3.05, 3.63) is 88.5 Å². The van der Waals surface area contributed by atoms with Crippen molar-refractivity contribution < 1.29 is 4.79 Å². The van der Waals surface area contributed by atoms with Crippen molar-refractivity contribution in [3.63, 3.8) is 0 Å². The van der Waals surface area contributed by atoms with Gasteiger partial charge in [0.05, 0.1) is 5.25 Å². The second kappa shape index (κ2) is 8.84. The van der Waals surface area contributed by atoms with E-state index in [0.29, 0.717) is 10.9 Å². The lowest BCUT2D eigenvalue weighted by atomic mass is 10.1. The van der Waals surface area contributed by atoms with Gasteiger partial charge in [0, 0.05) is 39.3 Å². The first-order valence-electron chi connectivity index (χ1n) is 11.1. The molecule has 0 unspecified atom stereocenters. The first-order valence-corrected chi connectivity index (χ1v) is 12.4. The zero-order chi connectivity index (χ0) is 23.1. The van der Waals surface area contributed by atoms with Crippen LogP contribution < -0.4 is 0 Å². The van der Waals surface area contributed by atoms with Crippen LogP contribution in [0.25, 0.3) is 11.4 Å². The van der Waals surface area contributed by atoms with Crippen LogP contribution in [0.2, 0.25) is 5.02 Å². The van der Waals surface area contributed by atoms with Crippen molar-refractivity contribution in [2.75, 3.05) is 0 Å². The largest absolute Gasteiger partial charge is 0.318 e. The topological polar surface area (TPSA) is 52.7 Å². The van der Waals surface area contributed by atoms with E-state index >= 15 is 0 Å². The van der Waals surface area contributed by atoms with Crippen molar-refractivity contribution in [2.45, 2.75) is 49.9 Å². The number of Topliss-reactive ketones (excluding diaryl/α,β-unsaturated/α-hetero) is 1. The third kappa shape index (κ3) is 4.25. The van der Waals surface area contributed by atoms with Gasteiger partial charge in [-0.1, -0.05) is 41.6 Å². The van der Waals surface area contributed by atoms with Crippen LogP contribution in [-0.2, 0) is 0 Å². The number of hydrogen-bond donors (Lipinski definition) is 0. The highest BCUT2D eigenvalue weighted by Crippen LogP contribution is 2.41. The summed E-state index contributed by atoms with van der Waals surface area (Å²) in [7, 11) is 0. The number of ketones is 1. The highest BCUT2D eigenvalue weighted by atomic mass is 35.5. The molecule has 1 atom stereocenters. The Balaban J connectivity index is 1.44. The molecule has 1 fully saturated rings. The molecule has 1 aliphatic carbocycles. The Morgan fingerprint density at radius 2 is 1.67 bits per heavy atom. The van der Waals surface area contributed by atoms with Crippen LogP contribution in [0.4, 0.5) is 0 Å². The normalized spacial score (nSPS) is 14.4. The van der Waals surface area contributed by atoms with Crippen LogP contribution in [0.5, 0.6) is 0 Å². The number of aromatic nitrogens is 4. The van der Waals surface area contributed by atoms with E-state index in [4.69, 9.17) is 11.6 Å². The Kier molecular flexibility index (Phi) is 5.89. The molecule has 33 heavy (non-hydrogen) atoms. The van der Waals surface area contributed by atoms with E-state index in [-0.39, 0.29) is 11.0 Å². The van der Waals surface area contributed by atoms with E-state index in [1.54, 1.807) is 0 Å². The van der Waals surface area contributed by atoms with Crippen molar-refractivity contribution in [2.24, 2.45) is 0 Å². The minimum Gasteiger partial charge on any atom is -0.318 e. The molecule has 0 bridgehead atoms. The first-order chi connectivity index (χ1) is 15.9. The quantitative estimate of drug-likeness (QED) is 0.223. The molecule has 2 heterocycles. The highest BCUT2D eigenvalue weighted by Gasteiger charge is 2.32. The summed E-state index contributed by atoms with van der Waals surface area (Å²) in [5.74, 6) is 1.53. The van der Waals surface area contributed by atoms with E-state index in [1.807, 2.05) is 69.3 Å². The van der Waals surface area contributed by atoms with Crippen molar-refractivity contribution in [1.29, 1.82) is 0 Å². The Bertz CT molecular complexity index is 1310. The summed E-state index contributed by atoms with van der Waals surface area (Å²) in [4.78, 5) is 13.5. The second-order valence-electron chi connectivity index (χ2n) is 8.51. The molecule has 7 heteroatoms. The number of benzene rings is 2. The van der Waals surface area contributed by atoms with Crippen molar-refractivity contribution in [1.82, 2.24) is 19.3 Å². The number of thioether (sulfide) groups is 1. The van der Waals surface area contributed by atoms with Gasteiger partial charge < -0.3 is 4.57 Å².